The second-order valence-corrected chi connectivity index (χ2v) is 18.9. The van der Waals surface area contributed by atoms with E-state index in [2.05, 4.69) is 234 Å². The predicted molar refractivity (Wildman–Crippen MR) is 280 cm³/mol. The third-order valence-corrected chi connectivity index (χ3v) is 14.9. The van der Waals surface area contributed by atoms with Gasteiger partial charge in [0.1, 0.15) is 0 Å². The normalized spacial score (nSPS) is 13.0. The molecule has 65 heavy (non-hydrogen) atoms. The number of aryl methyl sites for hydroxylation is 2. The second kappa shape index (κ2) is 14.1. The van der Waals surface area contributed by atoms with E-state index in [0.29, 0.717) is 0 Å². The van der Waals surface area contributed by atoms with Crippen LogP contribution >= 0.6 is 0 Å². The van der Waals surface area contributed by atoms with Crippen LogP contribution in [0.5, 0.6) is 0 Å². The first kappa shape index (κ1) is 37.7. The van der Waals surface area contributed by atoms with E-state index in [0.717, 1.165) is 0 Å². The summed E-state index contributed by atoms with van der Waals surface area (Å²) in [5.74, 6) is 0. The van der Waals surface area contributed by atoms with Gasteiger partial charge in [0, 0.05) is 5.41 Å². The van der Waals surface area contributed by atoms with Gasteiger partial charge in [0.25, 0.3) is 0 Å². The van der Waals surface area contributed by atoms with E-state index in [1.807, 2.05) is 0 Å². The molecule has 0 saturated heterocycles. The summed E-state index contributed by atoms with van der Waals surface area (Å²) in [6.45, 7) is 9.25. The van der Waals surface area contributed by atoms with E-state index < -0.39 is 0 Å². The Hall–Kier alpha value is -7.80. The smallest absolute Gasteiger partial charge is 0.0159 e. The number of fused-ring (bicyclic) bond motifs is 11. The van der Waals surface area contributed by atoms with Gasteiger partial charge in [-0.05, 0) is 193 Å². The summed E-state index contributed by atoms with van der Waals surface area (Å²) in [5, 5.41) is 15.2. The minimum absolute atomic E-state index is 0.0299. The van der Waals surface area contributed by atoms with Crippen LogP contribution in [0, 0.1) is 13.8 Å². The molecule has 0 spiro atoms. The number of rotatable bonds is 4. The zero-order valence-electron chi connectivity index (χ0n) is 37.1. The molecule has 0 aromatic heterocycles. The van der Waals surface area contributed by atoms with Crippen molar-refractivity contribution in [3.05, 3.63) is 229 Å². The van der Waals surface area contributed by atoms with Crippen LogP contribution in [0.1, 0.15) is 36.1 Å². The highest BCUT2D eigenvalue weighted by molar-refractivity contribution is 6.26. The van der Waals surface area contributed by atoms with Gasteiger partial charge in [0.05, 0.1) is 0 Å². The average Bonchev–Trinajstić information content (AvgIpc) is 3.58. The van der Waals surface area contributed by atoms with E-state index in [9.17, 15) is 0 Å². The maximum Gasteiger partial charge on any atom is 0.0159 e. The number of hydrogen-bond acceptors (Lipinski definition) is 0. The molecular formula is C65H46. The van der Waals surface area contributed by atoms with E-state index >= 15 is 0 Å². The Labute approximate surface area is 380 Å². The lowest BCUT2D eigenvalue weighted by Crippen LogP contribution is -2.14. The van der Waals surface area contributed by atoms with Crippen molar-refractivity contribution in [2.45, 2.75) is 33.1 Å². The summed E-state index contributed by atoms with van der Waals surface area (Å²) in [5.41, 5.74) is 18.2. The van der Waals surface area contributed by atoms with Gasteiger partial charge in [-0.15, -0.1) is 0 Å². The predicted octanol–water partition coefficient (Wildman–Crippen LogP) is 18.2. The van der Waals surface area contributed by atoms with Crippen LogP contribution in [0.4, 0.5) is 0 Å². The molecule has 12 aromatic rings. The van der Waals surface area contributed by atoms with Gasteiger partial charge in [-0.2, -0.15) is 0 Å². The summed E-state index contributed by atoms with van der Waals surface area (Å²) in [6.07, 6.45) is 0. The summed E-state index contributed by atoms with van der Waals surface area (Å²) in [4.78, 5) is 0. The fourth-order valence-corrected chi connectivity index (χ4v) is 11.6. The Morgan fingerprint density at radius 3 is 1.35 bits per heavy atom. The van der Waals surface area contributed by atoms with Gasteiger partial charge in [0.15, 0.2) is 0 Å². The van der Waals surface area contributed by atoms with Crippen LogP contribution in [0.2, 0.25) is 0 Å². The Morgan fingerprint density at radius 1 is 0.262 bits per heavy atom. The summed E-state index contributed by atoms with van der Waals surface area (Å²) in [7, 11) is 0. The Morgan fingerprint density at radius 2 is 0.708 bits per heavy atom. The van der Waals surface area contributed by atoms with Crippen molar-refractivity contribution in [1.82, 2.24) is 0 Å². The van der Waals surface area contributed by atoms with Crippen molar-refractivity contribution < 1.29 is 0 Å². The minimum atomic E-state index is -0.0299. The lowest BCUT2D eigenvalue weighted by Gasteiger charge is -2.22. The van der Waals surface area contributed by atoms with Crippen LogP contribution in [0.3, 0.4) is 0 Å². The number of hydrogen-bond donors (Lipinski definition) is 0. The van der Waals surface area contributed by atoms with Gasteiger partial charge in [-0.1, -0.05) is 184 Å². The highest BCUT2D eigenvalue weighted by Gasteiger charge is 2.35. The molecule has 12 aromatic carbocycles. The van der Waals surface area contributed by atoms with E-state index in [4.69, 9.17) is 0 Å². The van der Waals surface area contributed by atoms with Crippen molar-refractivity contribution in [3.8, 4) is 55.6 Å². The lowest BCUT2D eigenvalue weighted by atomic mass is 9.81. The van der Waals surface area contributed by atoms with E-state index in [1.54, 1.807) is 0 Å². The topological polar surface area (TPSA) is 0 Å². The standard InChI is InChI=1S/C65H46/c1-39-21-23-41-13-5-7-15-49(41)63(39)59-37-58-53-31-29-47(35-56(53)60(38-57(58)51-17-9-10-18-52(51)59)64-40(2)22-24-42-14-6-8-16-50(42)64)45-27-25-44-34-46(28-26-43(44)33-45)48-30-32-55-54-19-11-12-20-61(54)65(3,4)62(55)36-48/h5-38H,1-4H3. The molecule has 13 rings (SSSR count). The monoisotopic (exact) mass is 826 g/mol. The van der Waals surface area contributed by atoms with Gasteiger partial charge < -0.3 is 0 Å². The first-order valence-corrected chi connectivity index (χ1v) is 23.0. The maximum absolute atomic E-state index is 2.50. The highest BCUT2D eigenvalue weighted by atomic mass is 14.4. The molecule has 0 heteroatoms. The van der Waals surface area contributed by atoms with Crippen molar-refractivity contribution >= 4 is 64.6 Å². The fourth-order valence-electron chi connectivity index (χ4n) is 11.6. The molecule has 0 N–H and O–H groups in total. The van der Waals surface area contributed by atoms with Crippen molar-refractivity contribution in [2.75, 3.05) is 0 Å². The van der Waals surface area contributed by atoms with Crippen LogP contribution in [0.25, 0.3) is 120 Å². The van der Waals surface area contributed by atoms with E-state index in [1.165, 1.54) is 143 Å². The molecule has 0 fully saturated rings. The van der Waals surface area contributed by atoms with Crippen molar-refractivity contribution in [2.24, 2.45) is 0 Å². The van der Waals surface area contributed by atoms with Crippen molar-refractivity contribution in [1.29, 1.82) is 0 Å². The first-order chi connectivity index (χ1) is 31.8. The third-order valence-electron chi connectivity index (χ3n) is 14.9. The number of benzene rings is 12. The molecule has 0 saturated carbocycles. The van der Waals surface area contributed by atoms with Gasteiger partial charge >= 0.3 is 0 Å². The molecular weight excluding hydrogens is 781 g/mol. The molecule has 0 radical (unpaired) electrons. The van der Waals surface area contributed by atoms with Gasteiger partial charge in [-0.25, -0.2) is 0 Å². The summed E-state index contributed by atoms with van der Waals surface area (Å²) < 4.78 is 0. The third kappa shape index (κ3) is 5.70. The highest BCUT2D eigenvalue weighted by Crippen LogP contribution is 2.50. The Balaban J connectivity index is 1.00. The van der Waals surface area contributed by atoms with Gasteiger partial charge in [-0.3, -0.25) is 0 Å². The molecule has 0 atom stereocenters. The molecule has 0 heterocycles. The molecule has 0 nitrogen and oxygen atoms in total. The van der Waals surface area contributed by atoms with Crippen LogP contribution in [-0.4, -0.2) is 0 Å². The SMILES string of the molecule is Cc1ccc2ccccc2c1-c1cc2c3ccc(-c4ccc5cc(-c6ccc7c(c6)C(C)(C)c6ccccc6-7)ccc5c4)cc3c(-c3c(C)ccc4ccccc34)cc2c2ccccc12. The lowest BCUT2D eigenvalue weighted by molar-refractivity contribution is 0.660. The molecule has 1 aliphatic rings. The summed E-state index contributed by atoms with van der Waals surface area (Å²) in [6, 6.07) is 77.9. The zero-order chi connectivity index (χ0) is 43.6. The van der Waals surface area contributed by atoms with E-state index in [-0.39, 0.29) is 5.41 Å². The largest absolute Gasteiger partial charge is 0.0619 e. The maximum atomic E-state index is 2.50. The Kier molecular flexibility index (Phi) is 8.18. The minimum Gasteiger partial charge on any atom is -0.0619 e. The van der Waals surface area contributed by atoms with Crippen LogP contribution < -0.4 is 0 Å². The summed E-state index contributed by atoms with van der Waals surface area (Å²) >= 11 is 0. The van der Waals surface area contributed by atoms with Crippen LogP contribution in [-0.2, 0) is 5.41 Å². The molecule has 0 amide bonds. The second-order valence-electron chi connectivity index (χ2n) is 18.9. The molecule has 0 aliphatic heterocycles. The zero-order valence-corrected chi connectivity index (χ0v) is 37.1. The van der Waals surface area contributed by atoms with Gasteiger partial charge in [0.2, 0.25) is 0 Å². The average molecular weight is 827 g/mol. The first-order valence-electron chi connectivity index (χ1n) is 23.0. The molecule has 0 unspecified atom stereocenters. The van der Waals surface area contributed by atoms with Crippen LogP contribution in [0.15, 0.2) is 206 Å². The fraction of sp³-hybridized carbons (Fsp3) is 0.0769. The quantitative estimate of drug-likeness (QED) is 0.155. The Bertz CT molecular complexity index is 3990. The van der Waals surface area contributed by atoms with Crippen molar-refractivity contribution in [3.63, 3.8) is 0 Å². The molecule has 0 bridgehead atoms. The molecule has 1 aliphatic carbocycles. The molecule has 306 valence electrons.